The van der Waals surface area contributed by atoms with Crippen LogP contribution in [-0.2, 0) is 6.42 Å². The van der Waals surface area contributed by atoms with Crippen LogP contribution in [0.1, 0.15) is 44.6 Å². The summed E-state index contributed by atoms with van der Waals surface area (Å²) in [6, 6.07) is 12.4. The quantitative estimate of drug-likeness (QED) is 0.825. The first-order valence-corrected chi connectivity index (χ1v) is 8.86. The largest absolute Gasteiger partial charge is 0.311 e. The Morgan fingerprint density at radius 1 is 1.14 bits per heavy atom. The summed E-state index contributed by atoms with van der Waals surface area (Å²) in [5.74, 6) is 1.04. The second kappa shape index (κ2) is 7.42. The fourth-order valence-electron chi connectivity index (χ4n) is 3.59. The summed E-state index contributed by atoms with van der Waals surface area (Å²) in [6.45, 7) is 6.01. The molecule has 1 aliphatic heterocycles. The van der Waals surface area contributed by atoms with Gasteiger partial charge >= 0.3 is 0 Å². The summed E-state index contributed by atoms with van der Waals surface area (Å²) < 4.78 is 0. The van der Waals surface area contributed by atoms with Gasteiger partial charge in [0.1, 0.15) is 0 Å². The summed E-state index contributed by atoms with van der Waals surface area (Å²) in [4.78, 5) is 2.78. The maximum Gasteiger partial charge on any atom is 0.0261 e. The van der Waals surface area contributed by atoms with Crippen LogP contribution >= 0.6 is 0 Å². The fourth-order valence-corrected chi connectivity index (χ4v) is 3.59. The van der Waals surface area contributed by atoms with Crippen LogP contribution in [0.4, 0.5) is 0 Å². The van der Waals surface area contributed by atoms with Gasteiger partial charge in [-0.3, -0.25) is 4.90 Å². The third-order valence-corrected chi connectivity index (χ3v) is 5.09. The lowest BCUT2D eigenvalue weighted by Crippen LogP contribution is -2.57. The van der Waals surface area contributed by atoms with E-state index in [0.29, 0.717) is 12.1 Å². The van der Waals surface area contributed by atoms with E-state index >= 15 is 0 Å². The summed E-state index contributed by atoms with van der Waals surface area (Å²) in [7, 11) is 0. The molecule has 2 unspecified atom stereocenters. The SMILES string of the molecule is CCCC1CN(CCC2CC2)C(Cc2ccccc2)CN1. The van der Waals surface area contributed by atoms with Crippen molar-refractivity contribution in [3.63, 3.8) is 0 Å². The van der Waals surface area contributed by atoms with Gasteiger partial charge in [0.15, 0.2) is 0 Å². The molecule has 2 nitrogen and oxygen atoms in total. The van der Waals surface area contributed by atoms with Gasteiger partial charge < -0.3 is 5.32 Å². The molecule has 1 heterocycles. The fraction of sp³-hybridized carbons (Fsp3) is 0.684. The lowest BCUT2D eigenvalue weighted by molar-refractivity contribution is 0.122. The molecule has 0 aromatic heterocycles. The van der Waals surface area contributed by atoms with Gasteiger partial charge in [0.25, 0.3) is 0 Å². The molecule has 2 fully saturated rings. The zero-order chi connectivity index (χ0) is 14.5. The number of benzene rings is 1. The summed E-state index contributed by atoms with van der Waals surface area (Å²) in [6.07, 6.45) is 8.18. The summed E-state index contributed by atoms with van der Waals surface area (Å²) in [5.41, 5.74) is 1.48. The molecule has 1 aliphatic carbocycles. The molecule has 1 saturated heterocycles. The van der Waals surface area contributed by atoms with Crippen molar-refractivity contribution in [1.82, 2.24) is 10.2 Å². The van der Waals surface area contributed by atoms with E-state index in [-0.39, 0.29) is 0 Å². The van der Waals surface area contributed by atoms with Crippen LogP contribution in [-0.4, -0.2) is 36.6 Å². The standard InChI is InChI=1S/C19H30N2/c1-2-6-18-15-21(12-11-16-9-10-16)19(14-20-18)13-17-7-4-3-5-8-17/h3-5,7-8,16,18-20H,2,6,9-15H2,1H3. The molecular weight excluding hydrogens is 256 g/mol. The smallest absolute Gasteiger partial charge is 0.0261 e. The van der Waals surface area contributed by atoms with E-state index in [1.807, 2.05) is 0 Å². The monoisotopic (exact) mass is 286 g/mol. The van der Waals surface area contributed by atoms with Crippen LogP contribution < -0.4 is 5.32 Å². The minimum Gasteiger partial charge on any atom is -0.311 e. The molecule has 2 heteroatoms. The number of nitrogens with zero attached hydrogens (tertiary/aromatic N) is 1. The minimum atomic E-state index is 0.680. The van der Waals surface area contributed by atoms with Crippen LogP contribution in [0.5, 0.6) is 0 Å². The highest BCUT2D eigenvalue weighted by Crippen LogP contribution is 2.33. The van der Waals surface area contributed by atoms with E-state index in [2.05, 4.69) is 47.5 Å². The molecule has 0 radical (unpaired) electrons. The van der Waals surface area contributed by atoms with Crippen molar-refractivity contribution in [2.75, 3.05) is 19.6 Å². The Kier molecular flexibility index (Phi) is 5.32. The highest BCUT2D eigenvalue weighted by molar-refractivity contribution is 5.16. The molecule has 1 N–H and O–H groups in total. The summed E-state index contributed by atoms with van der Waals surface area (Å²) >= 11 is 0. The predicted octanol–water partition coefficient (Wildman–Crippen LogP) is 3.47. The van der Waals surface area contributed by atoms with Gasteiger partial charge in [0, 0.05) is 25.2 Å². The van der Waals surface area contributed by atoms with Crippen molar-refractivity contribution < 1.29 is 0 Å². The topological polar surface area (TPSA) is 15.3 Å². The Balaban J connectivity index is 1.58. The van der Waals surface area contributed by atoms with Gasteiger partial charge in [0.05, 0.1) is 0 Å². The Morgan fingerprint density at radius 3 is 2.67 bits per heavy atom. The molecular formula is C19H30N2. The molecule has 0 amide bonds. The van der Waals surface area contributed by atoms with Crippen molar-refractivity contribution in [2.24, 2.45) is 5.92 Å². The average Bonchev–Trinajstić information content (AvgIpc) is 3.33. The van der Waals surface area contributed by atoms with E-state index in [1.54, 1.807) is 0 Å². The normalized spacial score (nSPS) is 26.9. The zero-order valence-electron chi connectivity index (χ0n) is 13.4. The van der Waals surface area contributed by atoms with E-state index in [4.69, 9.17) is 0 Å². The highest BCUT2D eigenvalue weighted by atomic mass is 15.2. The Labute approximate surface area is 129 Å². The van der Waals surface area contributed by atoms with Gasteiger partial charge in [-0.1, -0.05) is 56.5 Å². The van der Waals surface area contributed by atoms with Gasteiger partial charge in [0.2, 0.25) is 0 Å². The van der Waals surface area contributed by atoms with Gasteiger partial charge in [-0.2, -0.15) is 0 Å². The minimum absolute atomic E-state index is 0.680. The second-order valence-electron chi connectivity index (χ2n) is 6.96. The first-order valence-electron chi connectivity index (χ1n) is 8.86. The molecule has 1 aromatic carbocycles. The average molecular weight is 286 g/mol. The lowest BCUT2D eigenvalue weighted by Gasteiger charge is -2.41. The van der Waals surface area contributed by atoms with E-state index in [0.717, 1.165) is 12.5 Å². The van der Waals surface area contributed by atoms with Crippen LogP contribution in [0.15, 0.2) is 30.3 Å². The predicted molar refractivity (Wildman–Crippen MR) is 89.5 cm³/mol. The maximum absolute atomic E-state index is 3.78. The number of hydrogen-bond acceptors (Lipinski definition) is 2. The zero-order valence-corrected chi connectivity index (χ0v) is 13.4. The third kappa shape index (κ3) is 4.55. The van der Waals surface area contributed by atoms with Gasteiger partial charge in [-0.25, -0.2) is 0 Å². The highest BCUT2D eigenvalue weighted by Gasteiger charge is 2.29. The Bertz CT molecular complexity index is 413. The number of piperazine rings is 1. The van der Waals surface area contributed by atoms with Crippen molar-refractivity contribution in [1.29, 1.82) is 0 Å². The number of hydrogen-bond donors (Lipinski definition) is 1. The van der Waals surface area contributed by atoms with Crippen molar-refractivity contribution in [2.45, 2.75) is 57.5 Å². The van der Waals surface area contributed by atoms with Crippen LogP contribution in [0, 0.1) is 5.92 Å². The summed E-state index contributed by atoms with van der Waals surface area (Å²) in [5, 5.41) is 3.78. The van der Waals surface area contributed by atoms with Crippen molar-refractivity contribution in [3.8, 4) is 0 Å². The third-order valence-electron chi connectivity index (χ3n) is 5.09. The molecule has 116 valence electrons. The molecule has 2 atom stereocenters. The molecule has 1 aromatic rings. The van der Waals surface area contributed by atoms with Crippen LogP contribution in [0.25, 0.3) is 0 Å². The van der Waals surface area contributed by atoms with Crippen LogP contribution in [0.2, 0.25) is 0 Å². The molecule has 0 spiro atoms. The van der Waals surface area contributed by atoms with E-state index < -0.39 is 0 Å². The molecule has 2 aliphatic rings. The molecule has 21 heavy (non-hydrogen) atoms. The Morgan fingerprint density at radius 2 is 1.95 bits per heavy atom. The van der Waals surface area contributed by atoms with Gasteiger partial charge in [-0.05, 0) is 37.3 Å². The number of nitrogens with one attached hydrogen (secondary N) is 1. The Hall–Kier alpha value is -0.860. The van der Waals surface area contributed by atoms with E-state index in [1.165, 1.54) is 57.2 Å². The lowest BCUT2D eigenvalue weighted by atomic mass is 9.99. The first-order chi connectivity index (χ1) is 10.3. The molecule has 0 bridgehead atoms. The molecule has 3 rings (SSSR count). The van der Waals surface area contributed by atoms with Gasteiger partial charge in [-0.15, -0.1) is 0 Å². The van der Waals surface area contributed by atoms with E-state index in [9.17, 15) is 0 Å². The van der Waals surface area contributed by atoms with Crippen LogP contribution in [0.3, 0.4) is 0 Å². The maximum atomic E-state index is 3.78. The van der Waals surface area contributed by atoms with Crippen molar-refractivity contribution >= 4 is 0 Å². The second-order valence-corrected chi connectivity index (χ2v) is 6.96. The molecule has 1 saturated carbocycles. The number of rotatable bonds is 7. The van der Waals surface area contributed by atoms with Crippen molar-refractivity contribution in [3.05, 3.63) is 35.9 Å². The first kappa shape index (κ1) is 15.1.